The fraction of sp³-hybridized carbons (Fsp3) is 0.381. The zero-order valence-corrected chi connectivity index (χ0v) is 19.6. The second-order valence-corrected chi connectivity index (χ2v) is 8.53. The van der Waals surface area contributed by atoms with Crippen LogP contribution in [-0.4, -0.2) is 76.5 Å². The molecule has 0 atom stereocenters. The molecule has 0 bridgehead atoms. The first-order valence-corrected chi connectivity index (χ1v) is 10.8. The first-order chi connectivity index (χ1) is 14.8. The Balaban J connectivity index is 1.72. The van der Waals surface area contributed by atoms with E-state index in [1.54, 1.807) is 4.90 Å². The largest absolute Gasteiger partial charge is 0.363 e. The summed E-state index contributed by atoms with van der Waals surface area (Å²) in [5.74, 6) is 2.32. The molecular formula is C21H28N8OS. The van der Waals surface area contributed by atoms with E-state index in [9.17, 15) is 4.79 Å². The number of aromatic nitrogens is 5. The van der Waals surface area contributed by atoms with E-state index in [0.29, 0.717) is 29.2 Å². The molecule has 0 saturated heterocycles. The maximum atomic E-state index is 12.6. The lowest BCUT2D eigenvalue weighted by Gasteiger charge is -2.17. The van der Waals surface area contributed by atoms with Gasteiger partial charge in [-0.1, -0.05) is 42.1 Å². The molecule has 164 valence electrons. The minimum Gasteiger partial charge on any atom is -0.363 e. The number of nitrogens with zero attached hydrogens (tertiary/aromatic N) is 8. The molecule has 1 aromatic carbocycles. The molecule has 0 unspecified atom stereocenters. The van der Waals surface area contributed by atoms with Crippen molar-refractivity contribution in [2.24, 2.45) is 7.05 Å². The first kappa shape index (κ1) is 22.5. The number of rotatable bonds is 8. The van der Waals surface area contributed by atoms with Crippen LogP contribution in [0.2, 0.25) is 0 Å². The summed E-state index contributed by atoms with van der Waals surface area (Å²) in [4.78, 5) is 27.2. The number of thioether (sulfide) groups is 1. The number of hydrogen-bond donors (Lipinski definition) is 0. The molecule has 31 heavy (non-hydrogen) atoms. The van der Waals surface area contributed by atoms with Crippen LogP contribution >= 0.6 is 11.8 Å². The lowest BCUT2D eigenvalue weighted by Crippen LogP contribution is -2.27. The van der Waals surface area contributed by atoms with Gasteiger partial charge >= 0.3 is 0 Å². The highest BCUT2D eigenvalue weighted by atomic mass is 32.2. The zero-order valence-electron chi connectivity index (χ0n) is 18.8. The highest BCUT2D eigenvalue weighted by Gasteiger charge is 2.18. The van der Waals surface area contributed by atoms with Gasteiger partial charge < -0.3 is 19.3 Å². The smallest absolute Gasteiger partial charge is 0.233 e. The molecule has 0 radical (unpaired) electrons. The number of anilines is 2. The summed E-state index contributed by atoms with van der Waals surface area (Å²) in [6, 6.07) is 11.8. The Kier molecular flexibility index (Phi) is 7.11. The second-order valence-electron chi connectivity index (χ2n) is 7.59. The number of carbonyl (C=O) groups excluding carboxylic acids is 1. The lowest BCUT2D eigenvalue weighted by atomic mass is 10.2. The molecule has 0 aliphatic heterocycles. The third-order valence-electron chi connectivity index (χ3n) is 4.64. The number of carbonyl (C=O) groups is 1. The highest BCUT2D eigenvalue weighted by molar-refractivity contribution is 7.99. The maximum Gasteiger partial charge on any atom is 0.233 e. The molecule has 2 aromatic heterocycles. The lowest BCUT2D eigenvalue weighted by molar-refractivity contribution is -0.127. The molecule has 0 saturated carbocycles. The van der Waals surface area contributed by atoms with Gasteiger partial charge in [-0.05, 0) is 5.56 Å². The second kappa shape index (κ2) is 9.78. The van der Waals surface area contributed by atoms with E-state index in [1.807, 2.05) is 93.1 Å². The summed E-state index contributed by atoms with van der Waals surface area (Å²) in [6.07, 6.45) is 0. The fourth-order valence-corrected chi connectivity index (χ4v) is 3.66. The number of benzene rings is 1. The molecule has 3 rings (SSSR count). The third-order valence-corrected chi connectivity index (χ3v) is 5.64. The minimum absolute atomic E-state index is 0.0326. The van der Waals surface area contributed by atoms with Gasteiger partial charge in [0.1, 0.15) is 11.5 Å². The minimum atomic E-state index is 0.0326. The van der Waals surface area contributed by atoms with E-state index < -0.39 is 0 Å². The molecule has 0 aliphatic rings. The Hall–Kier alpha value is -3.14. The van der Waals surface area contributed by atoms with Crippen molar-refractivity contribution in [2.75, 3.05) is 50.8 Å². The molecule has 1 amide bonds. The van der Waals surface area contributed by atoms with Crippen LogP contribution in [0.25, 0.3) is 11.5 Å². The molecule has 3 aromatic rings. The van der Waals surface area contributed by atoms with E-state index >= 15 is 0 Å². The van der Waals surface area contributed by atoms with E-state index in [2.05, 4.69) is 20.2 Å². The molecule has 0 fully saturated rings. The number of hydrogen-bond acceptors (Lipinski definition) is 8. The van der Waals surface area contributed by atoms with E-state index in [0.717, 1.165) is 11.4 Å². The van der Waals surface area contributed by atoms with Crippen LogP contribution in [-0.2, 0) is 18.4 Å². The molecule has 0 N–H and O–H groups in total. The summed E-state index contributed by atoms with van der Waals surface area (Å²) in [6.45, 7) is 0.575. The molecule has 2 heterocycles. The van der Waals surface area contributed by atoms with Gasteiger partial charge in [0.05, 0.1) is 5.75 Å². The Morgan fingerprint density at radius 2 is 1.71 bits per heavy atom. The van der Waals surface area contributed by atoms with Crippen molar-refractivity contribution in [1.82, 2.24) is 29.6 Å². The van der Waals surface area contributed by atoms with Crippen molar-refractivity contribution in [2.45, 2.75) is 11.7 Å². The van der Waals surface area contributed by atoms with Crippen LogP contribution in [0.1, 0.15) is 5.56 Å². The van der Waals surface area contributed by atoms with Crippen LogP contribution in [0.4, 0.5) is 11.8 Å². The predicted molar refractivity (Wildman–Crippen MR) is 124 cm³/mol. The van der Waals surface area contributed by atoms with E-state index in [-0.39, 0.29) is 11.7 Å². The van der Waals surface area contributed by atoms with Crippen LogP contribution in [0.15, 0.2) is 41.6 Å². The molecule has 0 spiro atoms. The van der Waals surface area contributed by atoms with Crippen molar-refractivity contribution >= 4 is 29.4 Å². The maximum absolute atomic E-state index is 12.6. The van der Waals surface area contributed by atoms with Crippen molar-refractivity contribution < 1.29 is 4.79 Å². The van der Waals surface area contributed by atoms with Gasteiger partial charge in [-0.2, -0.15) is 4.98 Å². The van der Waals surface area contributed by atoms with Gasteiger partial charge in [-0.15, -0.1) is 10.2 Å². The zero-order chi connectivity index (χ0) is 22.5. The Morgan fingerprint density at radius 3 is 2.35 bits per heavy atom. The van der Waals surface area contributed by atoms with Gasteiger partial charge in [-0.25, -0.2) is 4.98 Å². The highest BCUT2D eigenvalue weighted by Crippen LogP contribution is 2.25. The average Bonchev–Trinajstić information content (AvgIpc) is 3.12. The third kappa shape index (κ3) is 5.52. The standard InChI is InChI=1S/C21H28N8OS/c1-26(2)17-12-16(22-20(23-17)27(3)4)19-24-25-21(29(19)6)31-14-18(30)28(5)13-15-10-8-7-9-11-15/h7-12H,13-14H2,1-6H3. The molecular weight excluding hydrogens is 412 g/mol. The molecule has 0 aliphatic carbocycles. The Morgan fingerprint density at radius 1 is 1.00 bits per heavy atom. The van der Waals surface area contributed by atoms with Crippen LogP contribution in [0.5, 0.6) is 0 Å². The van der Waals surface area contributed by atoms with Crippen molar-refractivity contribution in [3.05, 3.63) is 42.0 Å². The summed E-state index contributed by atoms with van der Waals surface area (Å²) < 4.78 is 1.86. The van der Waals surface area contributed by atoms with Gasteiger partial charge in [-0.3, -0.25) is 4.79 Å². The molecule has 10 heteroatoms. The SMILES string of the molecule is CN(Cc1ccccc1)C(=O)CSc1nnc(-c2cc(N(C)C)nc(N(C)C)n2)n1C. The van der Waals surface area contributed by atoms with Gasteiger partial charge in [0.2, 0.25) is 11.9 Å². The van der Waals surface area contributed by atoms with Crippen molar-refractivity contribution in [1.29, 1.82) is 0 Å². The predicted octanol–water partition coefficient (Wildman–Crippen LogP) is 2.15. The normalized spacial score (nSPS) is 10.8. The first-order valence-electron chi connectivity index (χ1n) is 9.80. The van der Waals surface area contributed by atoms with E-state index in [1.165, 1.54) is 11.8 Å². The Labute approximate surface area is 187 Å². The van der Waals surface area contributed by atoms with Gasteiger partial charge in [0, 0.05) is 54.9 Å². The van der Waals surface area contributed by atoms with Crippen molar-refractivity contribution in [3.8, 4) is 11.5 Å². The fourth-order valence-electron chi connectivity index (χ4n) is 2.81. The van der Waals surface area contributed by atoms with Gasteiger partial charge in [0.25, 0.3) is 0 Å². The molecule has 9 nitrogen and oxygen atoms in total. The van der Waals surface area contributed by atoms with Crippen LogP contribution in [0, 0.1) is 0 Å². The summed E-state index contributed by atoms with van der Waals surface area (Å²) in [7, 11) is 11.3. The van der Waals surface area contributed by atoms with Crippen LogP contribution in [0.3, 0.4) is 0 Å². The van der Waals surface area contributed by atoms with Crippen molar-refractivity contribution in [3.63, 3.8) is 0 Å². The summed E-state index contributed by atoms with van der Waals surface area (Å²) in [5, 5.41) is 9.25. The van der Waals surface area contributed by atoms with Crippen LogP contribution < -0.4 is 9.80 Å². The Bertz CT molecular complexity index is 1010. The van der Waals surface area contributed by atoms with Gasteiger partial charge in [0.15, 0.2) is 11.0 Å². The number of amides is 1. The summed E-state index contributed by atoms with van der Waals surface area (Å²) in [5.41, 5.74) is 1.78. The quantitative estimate of drug-likeness (QED) is 0.493. The topological polar surface area (TPSA) is 83.3 Å². The average molecular weight is 441 g/mol. The monoisotopic (exact) mass is 440 g/mol. The summed E-state index contributed by atoms with van der Waals surface area (Å²) >= 11 is 1.36. The van der Waals surface area contributed by atoms with E-state index in [4.69, 9.17) is 0 Å².